The second-order valence-corrected chi connectivity index (χ2v) is 5.00. The second-order valence-electron chi connectivity index (χ2n) is 5.00. The highest BCUT2D eigenvalue weighted by atomic mass is 16.5. The number of hydrogen-bond donors (Lipinski definition) is 1. The lowest BCUT2D eigenvalue weighted by molar-refractivity contribution is 0.303. The zero-order valence-corrected chi connectivity index (χ0v) is 10.1. The van der Waals surface area contributed by atoms with Crippen LogP contribution in [-0.2, 0) is 0 Å². The van der Waals surface area contributed by atoms with Crippen LogP contribution >= 0.6 is 0 Å². The molecule has 0 heterocycles. The molecule has 0 bridgehead atoms. The summed E-state index contributed by atoms with van der Waals surface area (Å²) in [4.78, 5) is 0. The van der Waals surface area contributed by atoms with E-state index in [4.69, 9.17) is 10.5 Å². The molecule has 2 unspecified atom stereocenters. The normalized spacial score (nSPS) is 19.2. The van der Waals surface area contributed by atoms with Crippen molar-refractivity contribution in [1.29, 1.82) is 0 Å². The predicted octanol–water partition coefficient (Wildman–Crippen LogP) is 3.07. The highest BCUT2D eigenvalue weighted by Gasteiger charge is 2.23. The van der Waals surface area contributed by atoms with E-state index in [1.807, 2.05) is 0 Å². The van der Waals surface area contributed by atoms with E-state index in [1.165, 1.54) is 18.4 Å². The molecule has 1 saturated carbocycles. The van der Waals surface area contributed by atoms with Gasteiger partial charge in [-0.1, -0.05) is 19.1 Å². The number of ether oxygens (including phenoxy) is 1. The molecule has 2 rings (SSSR count). The molecule has 1 aromatic carbocycles. The van der Waals surface area contributed by atoms with Gasteiger partial charge in [0.25, 0.3) is 0 Å². The average Bonchev–Trinajstić information content (AvgIpc) is 3.01. The van der Waals surface area contributed by atoms with Crippen LogP contribution in [0.5, 0.6) is 5.75 Å². The average molecular weight is 219 g/mol. The van der Waals surface area contributed by atoms with E-state index in [-0.39, 0.29) is 6.04 Å². The van der Waals surface area contributed by atoms with Gasteiger partial charge in [0.05, 0.1) is 6.10 Å². The van der Waals surface area contributed by atoms with Crippen molar-refractivity contribution in [2.45, 2.75) is 51.2 Å². The minimum Gasteiger partial charge on any atom is -0.490 e. The number of hydrogen-bond acceptors (Lipinski definition) is 2. The van der Waals surface area contributed by atoms with Crippen molar-refractivity contribution in [3.63, 3.8) is 0 Å². The molecular weight excluding hydrogens is 198 g/mol. The van der Waals surface area contributed by atoms with Crippen molar-refractivity contribution in [2.24, 2.45) is 5.73 Å². The van der Waals surface area contributed by atoms with Gasteiger partial charge in [0.1, 0.15) is 5.75 Å². The summed E-state index contributed by atoms with van der Waals surface area (Å²) >= 11 is 0. The Kier molecular flexibility index (Phi) is 3.49. The van der Waals surface area contributed by atoms with Crippen molar-refractivity contribution in [1.82, 2.24) is 0 Å². The Morgan fingerprint density at radius 2 is 1.88 bits per heavy atom. The van der Waals surface area contributed by atoms with Crippen LogP contribution in [0.15, 0.2) is 24.3 Å². The monoisotopic (exact) mass is 219 g/mol. The quantitative estimate of drug-likeness (QED) is 0.826. The highest BCUT2D eigenvalue weighted by molar-refractivity contribution is 5.29. The Bertz CT molecular complexity index is 327. The molecule has 0 aromatic heterocycles. The fourth-order valence-electron chi connectivity index (χ4n) is 1.95. The van der Waals surface area contributed by atoms with Gasteiger partial charge in [-0.05, 0) is 49.8 Å². The molecule has 0 amide bonds. The molecule has 1 aliphatic carbocycles. The Hall–Kier alpha value is -1.02. The van der Waals surface area contributed by atoms with Gasteiger partial charge in [0.2, 0.25) is 0 Å². The zero-order valence-electron chi connectivity index (χ0n) is 10.1. The summed E-state index contributed by atoms with van der Waals surface area (Å²) < 4.78 is 5.72. The number of rotatable bonds is 5. The lowest BCUT2D eigenvalue weighted by Gasteiger charge is -2.14. The summed E-state index contributed by atoms with van der Waals surface area (Å²) in [5.74, 6) is 1.52. The van der Waals surface area contributed by atoms with E-state index < -0.39 is 0 Å². The van der Waals surface area contributed by atoms with Crippen molar-refractivity contribution in [2.75, 3.05) is 0 Å². The van der Waals surface area contributed by atoms with Gasteiger partial charge < -0.3 is 10.5 Å². The van der Waals surface area contributed by atoms with Gasteiger partial charge in [-0.3, -0.25) is 0 Å². The smallest absolute Gasteiger partial charge is 0.119 e. The van der Waals surface area contributed by atoms with Crippen LogP contribution in [0.3, 0.4) is 0 Å². The molecule has 0 aliphatic heterocycles. The third-order valence-corrected chi connectivity index (χ3v) is 3.00. The second kappa shape index (κ2) is 4.88. The molecule has 1 aliphatic rings. The van der Waals surface area contributed by atoms with Gasteiger partial charge in [-0.25, -0.2) is 0 Å². The fourth-order valence-corrected chi connectivity index (χ4v) is 1.95. The third kappa shape index (κ3) is 3.24. The van der Waals surface area contributed by atoms with Crippen LogP contribution in [0.25, 0.3) is 0 Å². The Morgan fingerprint density at radius 1 is 1.25 bits per heavy atom. The minimum atomic E-state index is 0.261. The number of benzene rings is 1. The maximum absolute atomic E-state index is 5.81. The first-order valence-corrected chi connectivity index (χ1v) is 6.17. The predicted molar refractivity (Wildman–Crippen MR) is 66.8 cm³/mol. The summed E-state index contributed by atoms with van der Waals surface area (Å²) in [6.45, 7) is 4.28. The molecule has 16 heavy (non-hydrogen) atoms. The van der Waals surface area contributed by atoms with E-state index in [0.717, 1.165) is 12.2 Å². The minimum absolute atomic E-state index is 0.261. The first-order valence-electron chi connectivity index (χ1n) is 6.17. The van der Waals surface area contributed by atoms with Crippen LogP contribution in [0.4, 0.5) is 0 Å². The highest BCUT2D eigenvalue weighted by Crippen LogP contribution is 2.28. The van der Waals surface area contributed by atoms with Gasteiger partial charge in [0, 0.05) is 6.04 Å². The molecule has 1 aromatic rings. The van der Waals surface area contributed by atoms with Crippen LogP contribution in [0, 0.1) is 0 Å². The van der Waals surface area contributed by atoms with E-state index in [2.05, 4.69) is 38.1 Å². The standard InChI is InChI=1S/C14H21NO/c1-10(9-11(2)15)12-3-5-13(6-4-12)16-14-7-8-14/h3-6,10-11,14H,7-9,15H2,1-2H3. The first kappa shape index (κ1) is 11.5. The molecule has 0 spiro atoms. The molecule has 0 saturated heterocycles. The summed E-state index contributed by atoms with van der Waals surface area (Å²) in [5, 5.41) is 0. The summed E-state index contributed by atoms with van der Waals surface area (Å²) in [7, 11) is 0. The lowest BCUT2D eigenvalue weighted by atomic mass is 9.95. The summed E-state index contributed by atoms with van der Waals surface area (Å²) in [6.07, 6.45) is 3.93. The topological polar surface area (TPSA) is 35.2 Å². The van der Waals surface area contributed by atoms with Crippen LogP contribution in [0.2, 0.25) is 0 Å². The fraction of sp³-hybridized carbons (Fsp3) is 0.571. The molecule has 2 nitrogen and oxygen atoms in total. The Balaban J connectivity index is 1.94. The SMILES string of the molecule is CC(N)CC(C)c1ccc(OC2CC2)cc1. The number of nitrogens with two attached hydrogens (primary N) is 1. The first-order chi connectivity index (χ1) is 7.65. The van der Waals surface area contributed by atoms with Gasteiger partial charge in [0.15, 0.2) is 0 Å². The molecule has 2 atom stereocenters. The summed E-state index contributed by atoms with van der Waals surface area (Å²) in [6, 6.07) is 8.73. The molecular formula is C14H21NO. The van der Waals surface area contributed by atoms with Crippen LogP contribution < -0.4 is 10.5 Å². The van der Waals surface area contributed by atoms with E-state index >= 15 is 0 Å². The third-order valence-electron chi connectivity index (χ3n) is 3.00. The maximum atomic E-state index is 5.81. The van der Waals surface area contributed by atoms with E-state index in [0.29, 0.717) is 12.0 Å². The van der Waals surface area contributed by atoms with Crippen molar-refractivity contribution in [3.05, 3.63) is 29.8 Å². The van der Waals surface area contributed by atoms with Gasteiger partial charge in [-0.15, -0.1) is 0 Å². The van der Waals surface area contributed by atoms with Crippen molar-refractivity contribution < 1.29 is 4.74 Å². The van der Waals surface area contributed by atoms with Crippen LogP contribution in [-0.4, -0.2) is 12.1 Å². The van der Waals surface area contributed by atoms with Crippen molar-refractivity contribution >= 4 is 0 Å². The zero-order chi connectivity index (χ0) is 11.5. The van der Waals surface area contributed by atoms with E-state index in [9.17, 15) is 0 Å². The Morgan fingerprint density at radius 3 is 2.38 bits per heavy atom. The largest absolute Gasteiger partial charge is 0.490 e. The van der Waals surface area contributed by atoms with Crippen molar-refractivity contribution in [3.8, 4) is 5.75 Å². The lowest BCUT2D eigenvalue weighted by Crippen LogP contribution is -2.17. The molecule has 1 fully saturated rings. The molecule has 2 N–H and O–H groups in total. The van der Waals surface area contributed by atoms with E-state index in [1.54, 1.807) is 0 Å². The molecule has 88 valence electrons. The van der Waals surface area contributed by atoms with Gasteiger partial charge in [-0.2, -0.15) is 0 Å². The molecule has 2 heteroatoms. The maximum Gasteiger partial charge on any atom is 0.119 e. The van der Waals surface area contributed by atoms with Gasteiger partial charge >= 0.3 is 0 Å². The molecule has 0 radical (unpaired) electrons. The summed E-state index contributed by atoms with van der Waals surface area (Å²) in [5.41, 5.74) is 7.16. The van der Waals surface area contributed by atoms with Crippen LogP contribution in [0.1, 0.15) is 44.6 Å². The Labute approximate surface area is 97.8 Å².